The summed E-state index contributed by atoms with van der Waals surface area (Å²) in [5.74, 6) is -0.355. The lowest BCUT2D eigenvalue weighted by atomic mass is 9.98. The van der Waals surface area contributed by atoms with Crippen LogP contribution in [0.15, 0.2) is 30.3 Å². The molecule has 0 aromatic heterocycles. The van der Waals surface area contributed by atoms with E-state index in [1.165, 1.54) is 0 Å². The summed E-state index contributed by atoms with van der Waals surface area (Å²) in [6.45, 7) is 4.20. The van der Waals surface area contributed by atoms with Crippen molar-refractivity contribution in [1.82, 2.24) is 4.90 Å². The molecule has 1 aromatic carbocycles. The topological polar surface area (TPSA) is 46.6 Å². The lowest BCUT2D eigenvalue weighted by Crippen LogP contribution is -2.63. The van der Waals surface area contributed by atoms with Gasteiger partial charge in [0, 0.05) is 4.75 Å². The summed E-state index contributed by atoms with van der Waals surface area (Å²) in [5.41, 5.74) is 0.944. The molecule has 112 valence electrons. The van der Waals surface area contributed by atoms with Crippen LogP contribution in [0.4, 0.5) is 0 Å². The van der Waals surface area contributed by atoms with Crippen LogP contribution in [-0.2, 0) is 20.9 Å². The average molecular weight is 370 g/mol. The SMILES string of the molecule is CC1(C)S[C@@H]2C(Br)C(=O)N2[C@H]1C(=O)OCc1ccccc1. The van der Waals surface area contributed by atoms with Crippen molar-refractivity contribution in [3.05, 3.63) is 35.9 Å². The predicted molar refractivity (Wildman–Crippen MR) is 85.0 cm³/mol. The molecule has 2 saturated heterocycles. The largest absolute Gasteiger partial charge is 0.459 e. The number of nitrogens with zero attached hydrogens (tertiary/aromatic N) is 1. The smallest absolute Gasteiger partial charge is 0.330 e. The molecule has 1 aromatic rings. The van der Waals surface area contributed by atoms with Gasteiger partial charge in [-0.2, -0.15) is 0 Å². The highest BCUT2D eigenvalue weighted by Crippen LogP contribution is 2.52. The van der Waals surface area contributed by atoms with Gasteiger partial charge >= 0.3 is 5.97 Å². The van der Waals surface area contributed by atoms with Crippen LogP contribution >= 0.6 is 27.7 Å². The normalized spacial score (nSPS) is 29.8. The van der Waals surface area contributed by atoms with Crippen LogP contribution in [0.1, 0.15) is 19.4 Å². The lowest BCUT2D eigenvalue weighted by Gasteiger charge is -2.41. The molecule has 0 radical (unpaired) electrons. The maximum atomic E-state index is 12.4. The van der Waals surface area contributed by atoms with E-state index in [2.05, 4.69) is 15.9 Å². The van der Waals surface area contributed by atoms with Gasteiger partial charge in [0.2, 0.25) is 5.91 Å². The molecule has 0 bridgehead atoms. The first-order valence-corrected chi connectivity index (χ1v) is 8.56. The number of rotatable bonds is 3. The number of benzene rings is 1. The number of carbonyl (C=O) groups excluding carboxylic acids is 2. The second kappa shape index (κ2) is 5.32. The number of esters is 1. The second-order valence-corrected chi connectivity index (χ2v) is 8.51. The zero-order valence-corrected chi connectivity index (χ0v) is 14.2. The fourth-order valence-electron chi connectivity index (χ4n) is 2.75. The maximum Gasteiger partial charge on any atom is 0.330 e. The Morgan fingerprint density at radius 1 is 1.38 bits per heavy atom. The minimum atomic E-state index is -0.516. The minimum absolute atomic E-state index is 0.0280. The number of fused-ring (bicyclic) bond motifs is 1. The van der Waals surface area contributed by atoms with E-state index >= 15 is 0 Å². The highest BCUT2D eigenvalue weighted by Gasteiger charge is 2.63. The molecule has 2 heterocycles. The highest BCUT2D eigenvalue weighted by atomic mass is 79.9. The Morgan fingerprint density at radius 3 is 2.71 bits per heavy atom. The molecule has 1 amide bonds. The zero-order chi connectivity index (χ0) is 15.2. The number of ether oxygens (including phenoxy) is 1. The summed E-state index contributed by atoms with van der Waals surface area (Å²) in [5, 5.41) is 0.0294. The number of alkyl halides is 1. The van der Waals surface area contributed by atoms with Crippen molar-refractivity contribution in [2.45, 2.75) is 41.4 Å². The van der Waals surface area contributed by atoms with Crippen LogP contribution in [0.25, 0.3) is 0 Å². The second-order valence-electron chi connectivity index (χ2n) is 5.75. The summed E-state index contributed by atoms with van der Waals surface area (Å²) in [7, 11) is 0. The van der Waals surface area contributed by atoms with Crippen LogP contribution in [0, 0.1) is 0 Å². The zero-order valence-electron chi connectivity index (χ0n) is 11.8. The molecule has 3 atom stereocenters. The van der Waals surface area contributed by atoms with Gasteiger partial charge in [-0.1, -0.05) is 46.3 Å². The quantitative estimate of drug-likeness (QED) is 0.466. The number of carbonyl (C=O) groups is 2. The Hall–Kier alpha value is -1.01. The molecule has 0 spiro atoms. The van der Waals surface area contributed by atoms with E-state index in [1.54, 1.807) is 16.7 Å². The van der Waals surface area contributed by atoms with Gasteiger partial charge < -0.3 is 9.64 Å². The predicted octanol–water partition coefficient (Wildman–Crippen LogP) is 2.56. The molecule has 6 heteroatoms. The van der Waals surface area contributed by atoms with Crippen molar-refractivity contribution in [3.63, 3.8) is 0 Å². The third-order valence-corrected chi connectivity index (χ3v) is 6.64. The molecule has 0 N–H and O–H groups in total. The van der Waals surface area contributed by atoms with E-state index in [4.69, 9.17) is 4.74 Å². The van der Waals surface area contributed by atoms with Crippen LogP contribution in [0.2, 0.25) is 0 Å². The Morgan fingerprint density at radius 2 is 2.05 bits per heavy atom. The van der Waals surface area contributed by atoms with Crippen molar-refractivity contribution in [1.29, 1.82) is 0 Å². The number of halogens is 1. The van der Waals surface area contributed by atoms with E-state index in [9.17, 15) is 9.59 Å². The van der Waals surface area contributed by atoms with Crippen LogP contribution in [0.5, 0.6) is 0 Å². The standard InChI is InChI=1S/C15H16BrNO3S/c1-15(2)11(17-12(18)10(16)13(17)21-15)14(19)20-8-9-6-4-3-5-7-9/h3-7,10-11,13H,8H2,1-2H3/t10?,11-,13+/m0/s1. The number of β-lactam (4-membered cyclic amide) rings is 1. The van der Waals surface area contributed by atoms with E-state index in [0.717, 1.165) is 5.56 Å². The van der Waals surface area contributed by atoms with Crippen molar-refractivity contribution in [3.8, 4) is 0 Å². The minimum Gasteiger partial charge on any atom is -0.459 e. The summed E-state index contributed by atoms with van der Waals surface area (Å²) < 4.78 is 5.09. The monoisotopic (exact) mass is 369 g/mol. The van der Waals surface area contributed by atoms with Crippen molar-refractivity contribution in [2.75, 3.05) is 0 Å². The van der Waals surface area contributed by atoms with E-state index in [0.29, 0.717) is 0 Å². The molecule has 21 heavy (non-hydrogen) atoms. The average Bonchev–Trinajstić information content (AvgIpc) is 2.74. The van der Waals surface area contributed by atoms with E-state index in [1.807, 2.05) is 44.2 Å². The molecule has 4 nitrogen and oxygen atoms in total. The number of amides is 1. The number of thioether (sulfide) groups is 1. The first-order chi connectivity index (χ1) is 9.92. The third kappa shape index (κ3) is 2.48. The summed E-state index contributed by atoms with van der Waals surface area (Å²) in [4.78, 5) is 25.9. The fourth-order valence-corrected chi connectivity index (χ4v) is 5.11. The van der Waals surface area contributed by atoms with Gasteiger partial charge in [-0.3, -0.25) is 4.79 Å². The Kier molecular flexibility index (Phi) is 3.78. The van der Waals surface area contributed by atoms with Gasteiger partial charge in [0.25, 0.3) is 0 Å². The van der Waals surface area contributed by atoms with Gasteiger partial charge in [0.05, 0.1) is 0 Å². The van der Waals surface area contributed by atoms with Crippen LogP contribution < -0.4 is 0 Å². The molecule has 1 unspecified atom stereocenters. The van der Waals surface area contributed by atoms with Gasteiger partial charge in [-0.05, 0) is 19.4 Å². The highest BCUT2D eigenvalue weighted by molar-refractivity contribution is 9.10. The fraction of sp³-hybridized carbons (Fsp3) is 0.467. The summed E-state index contributed by atoms with van der Waals surface area (Å²) in [6, 6.07) is 9.03. The van der Waals surface area contributed by atoms with Crippen LogP contribution in [0.3, 0.4) is 0 Å². The third-order valence-electron chi connectivity index (χ3n) is 3.82. The Labute approximate surface area is 136 Å². The van der Waals surface area contributed by atoms with Gasteiger partial charge in [0.1, 0.15) is 22.8 Å². The molecule has 0 aliphatic carbocycles. The van der Waals surface area contributed by atoms with E-state index < -0.39 is 6.04 Å². The van der Waals surface area contributed by atoms with Gasteiger partial charge in [0.15, 0.2) is 0 Å². The van der Waals surface area contributed by atoms with Crippen molar-refractivity contribution in [2.24, 2.45) is 0 Å². The Balaban J connectivity index is 1.70. The molecular weight excluding hydrogens is 354 g/mol. The maximum absolute atomic E-state index is 12.4. The molecule has 2 fully saturated rings. The van der Waals surface area contributed by atoms with Crippen molar-refractivity contribution < 1.29 is 14.3 Å². The molecule has 0 saturated carbocycles. The number of hydrogen-bond acceptors (Lipinski definition) is 4. The lowest BCUT2D eigenvalue weighted by molar-refractivity contribution is -0.161. The molecule has 3 rings (SSSR count). The molecular formula is C15H16BrNO3S. The van der Waals surface area contributed by atoms with Gasteiger partial charge in [-0.25, -0.2) is 4.79 Å². The van der Waals surface area contributed by atoms with Crippen LogP contribution in [-0.4, -0.2) is 37.8 Å². The summed E-state index contributed by atoms with van der Waals surface area (Å²) in [6.07, 6.45) is 0. The van der Waals surface area contributed by atoms with E-state index in [-0.39, 0.29) is 33.4 Å². The van der Waals surface area contributed by atoms with Gasteiger partial charge in [-0.15, -0.1) is 11.8 Å². The molecule has 2 aliphatic rings. The van der Waals surface area contributed by atoms with Crippen molar-refractivity contribution >= 4 is 39.6 Å². The first-order valence-electron chi connectivity index (χ1n) is 6.76. The number of hydrogen-bond donors (Lipinski definition) is 0. The first kappa shape index (κ1) is 14.9. The summed E-state index contributed by atoms with van der Waals surface area (Å²) >= 11 is 5.02. The molecule has 2 aliphatic heterocycles. The Bertz CT molecular complexity index is 578.